The number of benzene rings is 1. The molecule has 1 aromatic carbocycles. The highest BCUT2D eigenvalue weighted by atomic mass is 16.5. The number of carbonyl (C=O) groups is 1. The van der Waals surface area contributed by atoms with Crippen LogP contribution in [-0.4, -0.2) is 32.1 Å². The number of anilines is 2. The van der Waals surface area contributed by atoms with E-state index in [-0.39, 0.29) is 5.91 Å². The molecule has 0 spiro atoms. The Morgan fingerprint density at radius 1 is 1.20 bits per heavy atom. The molecule has 0 fully saturated rings. The van der Waals surface area contributed by atoms with Gasteiger partial charge >= 0.3 is 0 Å². The van der Waals surface area contributed by atoms with Crippen LogP contribution in [-0.2, 0) is 0 Å². The number of pyridine rings is 1. The molecule has 1 heterocycles. The zero-order valence-electron chi connectivity index (χ0n) is 11.8. The van der Waals surface area contributed by atoms with Gasteiger partial charge in [-0.1, -0.05) is 6.07 Å². The lowest BCUT2D eigenvalue weighted by molar-refractivity contribution is 0.0988. The average molecular weight is 271 g/mol. The lowest BCUT2D eigenvalue weighted by Gasteiger charge is -2.17. The fraction of sp³-hybridized carbons (Fsp3) is 0.200. The van der Waals surface area contributed by atoms with Crippen LogP contribution in [0.1, 0.15) is 10.5 Å². The van der Waals surface area contributed by atoms with Crippen LogP contribution in [0.3, 0.4) is 0 Å². The van der Waals surface area contributed by atoms with Crippen molar-refractivity contribution in [2.24, 2.45) is 0 Å². The Balaban J connectivity index is 2.22. The number of nitrogens with one attached hydrogen (secondary N) is 1. The van der Waals surface area contributed by atoms with Gasteiger partial charge in [-0.05, 0) is 36.4 Å². The van der Waals surface area contributed by atoms with Crippen molar-refractivity contribution in [1.82, 2.24) is 4.98 Å². The second-order valence-corrected chi connectivity index (χ2v) is 4.22. The highest BCUT2D eigenvalue weighted by molar-refractivity contribution is 6.04. The predicted octanol–water partition coefficient (Wildman–Crippen LogP) is 2.41. The highest BCUT2D eigenvalue weighted by Crippen LogP contribution is 2.19. The molecule has 0 aliphatic carbocycles. The van der Waals surface area contributed by atoms with Gasteiger partial charge in [0.1, 0.15) is 17.3 Å². The van der Waals surface area contributed by atoms with Crippen LogP contribution < -0.4 is 15.0 Å². The van der Waals surface area contributed by atoms with Crippen LogP contribution >= 0.6 is 0 Å². The van der Waals surface area contributed by atoms with Crippen molar-refractivity contribution in [3.63, 3.8) is 0 Å². The minimum Gasteiger partial charge on any atom is -0.497 e. The van der Waals surface area contributed by atoms with Crippen molar-refractivity contribution in [3.05, 3.63) is 48.2 Å². The Morgan fingerprint density at radius 2 is 1.90 bits per heavy atom. The summed E-state index contributed by atoms with van der Waals surface area (Å²) in [5, 5.41) is 2.92. The molecule has 0 aliphatic rings. The molecule has 0 radical (unpaired) electrons. The zero-order chi connectivity index (χ0) is 14.5. The molecule has 0 atom stereocenters. The van der Waals surface area contributed by atoms with Gasteiger partial charge in [0.2, 0.25) is 0 Å². The molecule has 0 unspecified atom stereocenters. The van der Waals surface area contributed by atoms with E-state index in [1.165, 1.54) is 0 Å². The van der Waals surface area contributed by atoms with Gasteiger partial charge in [0.25, 0.3) is 5.91 Å². The van der Waals surface area contributed by atoms with Crippen LogP contribution in [0.4, 0.5) is 11.5 Å². The highest BCUT2D eigenvalue weighted by Gasteiger charge is 2.15. The van der Waals surface area contributed by atoms with Gasteiger partial charge in [0, 0.05) is 19.8 Å². The first-order valence-electron chi connectivity index (χ1n) is 6.22. The van der Waals surface area contributed by atoms with Crippen molar-refractivity contribution in [1.29, 1.82) is 0 Å². The maximum absolute atomic E-state index is 12.4. The van der Waals surface area contributed by atoms with Gasteiger partial charge in [-0.2, -0.15) is 0 Å². The quantitative estimate of drug-likeness (QED) is 0.927. The van der Waals surface area contributed by atoms with Gasteiger partial charge in [-0.3, -0.25) is 4.79 Å². The second kappa shape index (κ2) is 6.06. The zero-order valence-corrected chi connectivity index (χ0v) is 11.8. The molecule has 1 aromatic heterocycles. The number of methoxy groups -OCH3 is 1. The fourth-order valence-electron chi connectivity index (χ4n) is 1.79. The standard InChI is InChI=1S/C15H17N3O2/c1-16-14-6-4-5-13(17-14)15(19)18(2)11-7-9-12(20-3)10-8-11/h4-10H,1-3H3,(H,16,17). The Kier molecular flexibility index (Phi) is 4.20. The number of amides is 1. The summed E-state index contributed by atoms with van der Waals surface area (Å²) < 4.78 is 5.10. The molecule has 2 rings (SSSR count). The van der Waals surface area contributed by atoms with Gasteiger partial charge in [-0.25, -0.2) is 4.98 Å². The van der Waals surface area contributed by atoms with E-state index in [9.17, 15) is 4.79 Å². The van der Waals surface area contributed by atoms with Gasteiger partial charge in [0.05, 0.1) is 7.11 Å². The minimum absolute atomic E-state index is 0.160. The first kappa shape index (κ1) is 13.9. The molecule has 1 N–H and O–H groups in total. The number of aromatic nitrogens is 1. The molecular weight excluding hydrogens is 254 g/mol. The third-order valence-electron chi connectivity index (χ3n) is 2.99. The van der Waals surface area contributed by atoms with Gasteiger partial charge in [0.15, 0.2) is 0 Å². The molecular formula is C15H17N3O2. The average Bonchev–Trinajstić information content (AvgIpc) is 2.53. The summed E-state index contributed by atoms with van der Waals surface area (Å²) in [6.07, 6.45) is 0. The summed E-state index contributed by atoms with van der Waals surface area (Å²) in [4.78, 5) is 18.2. The third kappa shape index (κ3) is 2.88. The van der Waals surface area contributed by atoms with Crippen molar-refractivity contribution < 1.29 is 9.53 Å². The van der Waals surface area contributed by atoms with Crippen LogP contribution in [0, 0.1) is 0 Å². The summed E-state index contributed by atoms with van der Waals surface area (Å²) in [6.45, 7) is 0. The third-order valence-corrected chi connectivity index (χ3v) is 2.99. The molecule has 1 amide bonds. The van der Waals surface area contributed by atoms with E-state index in [2.05, 4.69) is 10.3 Å². The molecule has 5 heteroatoms. The maximum Gasteiger partial charge on any atom is 0.276 e. The second-order valence-electron chi connectivity index (χ2n) is 4.22. The summed E-state index contributed by atoms with van der Waals surface area (Å²) in [6, 6.07) is 12.6. The van der Waals surface area contributed by atoms with E-state index in [0.717, 1.165) is 11.4 Å². The first-order chi connectivity index (χ1) is 9.65. The number of carbonyl (C=O) groups excluding carboxylic acids is 1. The number of nitrogens with zero attached hydrogens (tertiary/aromatic N) is 2. The van der Waals surface area contributed by atoms with Crippen molar-refractivity contribution >= 4 is 17.4 Å². The molecule has 0 saturated heterocycles. The summed E-state index contributed by atoms with van der Waals surface area (Å²) in [7, 11) is 5.10. The largest absolute Gasteiger partial charge is 0.497 e. The van der Waals surface area contributed by atoms with E-state index >= 15 is 0 Å². The SMILES string of the molecule is CNc1cccc(C(=O)N(C)c2ccc(OC)cc2)n1. The summed E-state index contributed by atoms with van der Waals surface area (Å²) in [5.74, 6) is 1.26. The number of hydrogen-bond donors (Lipinski definition) is 1. The fourth-order valence-corrected chi connectivity index (χ4v) is 1.79. The van der Waals surface area contributed by atoms with Gasteiger partial charge in [-0.15, -0.1) is 0 Å². The molecule has 2 aromatic rings. The number of ether oxygens (including phenoxy) is 1. The Labute approximate surface area is 118 Å². The van der Waals surface area contributed by atoms with E-state index in [4.69, 9.17) is 4.74 Å². The Bertz CT molecular complexity index is 596. The molecule has 0 saturated carbocycles. The van der Waals surface area contributed by atoms with Crippen molar-refractivity contribution in [2.45, 2.75) is 0 Å². The first-order valence-corrected chi connectivity index (χ1v) is 6.22. The number of rotatable bonds is 4. The van der Waals surface area contributed by atoms with Crippen LogP contribution in [0.5, 0.6) is 5.75 Å². The molecule has 0 bridgehead atoms. The van der Waals surface area contributed by atoms with Crippen LogP contribution in [0.15, 0.2) is 42.5 Å². The monoisotopic (exact) mass is 271 g/mol. The Morgan fingerprint density at radius 3 is 2.50 bits per heavy atom. The van der Waals surface area contributed by atoms with Crippen LogP contribution in [0.2, 0.25) is 0 Å². The van der Waals surface area contributed by atoms with Crippen molar-refractivity contribution in [2.75, 3.05) is 31.4 Å². The van der Waals surface area contributed by atoms with Crippen molar-refractivity contribution in [3.8, 4) is 5.75 Å². The smallest absolute Gasteiger partial charge is 0.276 e. The minimum atomic E-state index is -0.160. The number of hydrogen-bond acceptors (Lipinski definition) is 4. The van der Waals surface area contributed by atoms with E-state index < -0.39 is 0 Å². The molecule has 5 nitrogen and oxygen atoms in total. The lowest BCUT2D eigenvalue weighted by Crippen LogP contribution is -2.27. The maximum atomic E-state index is 12.4. The van der Waals surface area contributed by atoms with Gasteiger partial charge < -0.3 is 15.0 Å². The molecule has 20 heavy (non-hydrogen) atoms. The molecule has 104 valence electrons. The predicted molar refractivity (Wildman–Crippen MR) is 79.5 cm³/mol. The summed E-state index contributed by atoms with van der Waals surface area (Å²) >= 11 is 0. The van der Waals surface area contributed by atoms with E-state index in [1.807, 2.05) is 30.3 Å². The summed E-state index contributed by atoms with van der Waals surface area (Å²) in [5.41, 5.74) is 1.18. The van der Waals surface area contributed by atoms with Crippen LogP contribution in [0.25, 0.3) is 0 Å². The topological polar surface area (TPSA) is 54.5 Å². The van der Waals surface area contributed by atoms with E-state index in [0.29, 0.717) is 11.5 Å². The Hall–Kier alpha value is -2.56. The normalized spacial score (nSPS) is 9.95. The lowest BCUT2D eigenvalue weighted by atomic mass is 10.2. The van der Waals surface area contributed by atoms with E-state index in [1.54, 1.807) is 38.2 Å². The molecule has 0 aliphatic heterocycles.